The quantitative estimate of drug-likeness (QED) is 0.849. The van der Waals surface area contributed by atoms with Gasteiger partial charge >= 0.3 is 0 Å². The van der Waals surface area contributed by atoms with Crippen LogP contribution in [0.5, 0.6) is 0 Å². The molecule has 0 aliphatic carbocycles. The number of ether oxygens (including phenoxy) is 1. The highest BCUT2D eigenvalue weighted by atomic mass is 35.5. The first-order valence-electron chi connectivity index (χ1n) is 7.34. The summed E-state index contributed by atoms with van der Waals surface area (Å²) in [6.07, 6.45) is 2.18. The Morgan fingerprint density at radius 1 is 1.57 bits per heavy atom. The number of pyridine rings is 1. The number of aromatic nitrogens is 1. The maximum atomic E-state index is 12.5. The summed E-state index contributed by atoms with van der Waals surface area (Å²) >= 11 is 5.98. The Balaban J connectivity index is 2.03. The Bertz CT molecular complexity index is 490. The third kappa shape index (κ3) is 4.58. The lowest BCUT2D eigenvalue weighted by atomic mass is 10.0. The number of amides is 1. The molecule has 1 fully saturated rings. The molecule has 0 aromatic carbocycles. The summed E-state index contributed by atoms with van der Waals surface area (Å²) in [4.78, 5) is 18.4. The van der Waals surface area contributed by atoms with Gasteiger partial charge in [-0.1, -0.05) is 11.6 Å². The van der Waals surface area contributed by atoms with Crippen LogP contribution in [0.1, 0.15) is 30.1 Å². The third-order valence-corrected chi connectivity index (χ3v) is 3.73. The first-order valence-corrected chi connectivity index (χ1v) is 7.72. The highest BCUT2D eigenvalue weighted by Crippen LogP contribution is 2.18. The summed E-state index contributed by atoms with van der Waals surface area (Å²) < 4.78 is 5.46. The van der Waals surface area contributed by atoms with Gasteiger partial charge in [0.25, 0.3) is 5.91 Å². The fourth-order valence-corrected chi connectivity index (χ4v) is 2.74. The zero-order chi connectivity index (χ0) is 15.2. The fraction of sp³-hybridized carbons (Fsp3) is 0.600. The molecule has 1 atom stereocenters. The predicted molar refractivity (Wildman–Crippen MR) is 83.9 cm³/mol. The van der Waals surface area contributed by atoms with Crippen molar-refractivity contribution < 1.29 is 9.53 Å². The number of nitrogens with one attached hydrogen (secondary N) is 1. The number of carbonyl (C=O) groups excluding carboxylic acids is 1. The minimum Gasteiger partial charge on any atom is -0.381 e. The van der Waals surface area contributed by atoms with Gasteiger partial charge in [-0.25, -0.2) is 4.98 Å². The lowest BCUT2D eigenvalue weighted by molar-refractivity contribution is 0.0388. The second-order valence-corrected chi connectivity index (χ2v) is 5.75. The molecule has 6 heteroatoms. The molecule has 5 nitrogen and oxygen atoms in total. The van der Waals surface area contributed by atoms with Gasteiger partial charge in [-0.2, -0.15) is 0 Å². The number of halogens is 1. The van der Waals surface area contributed by atoms with Crippen LogP contribution in [0, 0.1) is 5.92 Å². The maximum Gasteiger partial charge on any atom is 0.253 e. The lowest BCUT2D eigenvalue weighted by Crippen LogP contribution is -2.35. The molecule has 1 aromatic heterocycles. The van der Waals surface area contributed by atoms with Crippen LogP contribution >= 0.6 is 11.6 Å². The molecule has 21 heavy (non-hydrogen) atoms. The van der Waals surface area contributed by atoms with Gasteiger partial charge in [0.15, 0.2) is 0 Å². The zero-order valence-corrected chi connectivity index (χ0v) is 13.3. The first-order chi connectivity index (χ1) is 10.1. The molecule has 1 aliphatic heterocycles. The van der Waals surface area contributed by atoms with Gasteiger partial charge in [-0.3, -0.25) is 4.79 Å². The zero-order valence-electron chi connectivity index (χ0n) is 12.6. The Morgan fingerprint density at radius 2 is 2.38 bits per heavy atom. The maximum absolute atomic E-state index is 12.5. The molecule has 2 rings (SSSR count). The molecule has 1 unspecified atom stereocenters. The number of carbonyl (C=O) groups is 1. The molecule has 0 saturated carbocycles. The molecule has 2 heterocycles. The van der Waals surface area contributed by atoms with E-state index in [-0.39, 0.29) is 5.91 Å². The molecule has 1 aliphatic rings. The largest absolute Gasteiger partial charge is 0.381 e. The van der Waals surface area contributed by atoms with Crippen LogP contribution in [-0.2, 0) is 4.74 Å². The highest BCUT2D eigenvalue weighted by molar-refractivity contribution is 6.29. The van der Waals surface area contributed by atoms with E-state index in [1.165, 1.54) is 0 Å². The van der Waals surface area contributed by atoms with Crippen LogP contribution in [0.15, 0.2) is 12.1 Å². The lowest BCUT2D eigenvalue weighted by Gasteiger charge is -2.27. The van der Waals surface area contributed by atoms with E-state index in [0.29, 0.717) is 29.0 Å². The fourth-order valence-electron chi connectivity index (χ4n) is 2.53. The van der Waals surface area contributed by atoms with Crippen LogP contribution < -0.4 is 5.32 Å². The Hall–Kier alpha value is -1.33. The second-order valence-electron chi connectivity index (χ2n) is 5.36. The van der Waals surface area contributed by atoms with Gasteiger partial charge in [-0.15, -0.1) is 0 Å². The summed E-state index contributed by atoms with van der Waals surface area (Å²) in [7, 11) is 1.82. The standard InChI is InChI=1S/C15H22ClN3O2/c1-3-17-14-8-12(7-13(16)18-14)15(20)19(2)9-11-5-4-6-21-10-11/h7-8,11H,3-6,9-10H2,1-2H3,(H,17,18). The van der Waals surface area contributed by atoms with E-state index in [0.717, 1.165) is 32.6 Å². The molecular weight excluding hydrogens is 290 g/mol. The predicted octanol–water partition coefficient (Wildman–Crippen LogP) is 2.67. The molecule has 1 amide bonds. The van der Waals surface area contributed by atoms with E-state index in [1.807, 2.05) is 14.0 Å². The van der Waals surface area contributed by atoms with Crippen LogP contribution in [-0.4, -0.2) is 49.1 Å². The summed E-state index contributed by atoms with van der Waals surface area (Å²) in [6.45, 7) is 4.97. The second kappa shape index (κ2) is 7.61. The number of hydrogen-bond donors (Lipinski definition) is 1. The molecule has 116 valence electrons. The SMILES string of the molecule is CCNc1cc(C(=O)N(C)CC2CCCOC2)cc(Cl)n1. The van der Waals surface area contributed by atoms with Gasteiger partial charge in [0, 0.05) is 32.3 Å². The molecule has 0 bridgehead atoms. The van der Waals surface area contributed by atoms with Crippen molar-refractivity contribution >= 4 is 23.3 Å². The average molecular weight is 312 g/mol. The third-order valence-electron chi connectivity index (χ3n) is 3.53. The summed E-state index contributed by atoms with van der Waals surface area (Å²) in [6, 6.07) is 3.35. The number of nitrogens with zero attached hydrogens (tertiary/aromatic N) is 2. The minimum atomic E-state index is -0.0379. The smallest absolute Gasteiger partial charge is 0.253 e. The molecule has 0 radical (unpaired) electrons. The first kappa shape index (κ1) is 16.0. The summed E-state index contributed by atoms with van der Waals surface area (Å²) in [5.41, 5.74) is 0.560. The van der Waals surface area contributed by atoms with Crippen molar-refractivity contribution in [3.8, 4) is 0 Å². The average Bonchev–Trinajstić information content (AvgIpc) is 2.47. The van der Waals surface area contributed by atoms with E-state index >= 15 is 0 Å². The Kier molecular flexibility index (Phi) is 5.82. The molecule has 1 aromatic rings. The topological polar surface area (TPSA) is 54.5 Å². The Morgan fingerprint density at radius 3 is 3.05 bits per heavy atom. The van der Waals surface area contributed by atoms with Crippen LogP contribution in [0.4, 0.5) is 5.82 Å². The van der Waals surface area contributed by atoms with Crippen molar-refractivity contribution in [2.75, 3.05) is 38.7 Å². The number of anilines is 1. The monoisotopic (exact) mass is 311 g/mol. The number of rotatable bonds is 5. The van der Waals surface area contributed by atoms with Crippen LogP contribution in [0.3, 0.4) is 0 Å². The normalized spacial score (nSPS) is 18.3. The van der Waals surface area contributed by atoms with E-state index in [9.17, 15) is 4.79 Å². The molecule has 1 saturated heterocycles. The van der Waals surface area contributed by atoms with Crippen LogP contribution in [0.2, 0.25) is 5.15 Å². The van der Waals surface area contributed by atoms with Gasteiger partial charge in [0.05, 0.1) is 6.61 Å². The van der Waals surface area contributed by atoms with Crippen molar-refractivity contribution in [2.24, 2.45) is 5.92 Å². The van der Waals surface area contributed by atoms with Crippen molar-refractivity contribution in [3.05, 3.63) is 22.8 Å². The van der Waals surface area contributed by atoms with Crippen molar-refractivity contribution in [2.45, 2.75) is 19.8 Å². The van der Waals surface area contributed by atoms with E-state index in [1.54, 1.807) is 17.0 Å². The number of hydrogen-bond acceptors (Lipinski definition) is 4. The molecule has 1 N–H and O–H groups in total. The van der Waals surface area contributed by atoms with E-state index in [4.69, 9.17) is 16.3 Å². The van der Waals surface area contributed by atoms with E-state index < -0.39 is 0 Å². The van der Waals surface area contributed by atoms with Crippen LogP contribution in [0.25, 0.3) is 0 Å². The van der Waals surface area contributed by atoms with Gasteiger partial charge in [-0.05, 0) is 37.8 Å². The van der Waals surface area contributed by atoms with Gasteiger partial charge in [0.2, 0.25) is 0 Å². The summed E-state index contributed by atoms with van der Waals surface area (Å²) in [5, 5.41) is 3.40. The van der Waals surface area contributed by atoms with Gasteiger partial charge < -0.3 is 15.0 Å². The van der Waals surface area contributed by atoms with Crippen molar-refractivity contribution in [1.82, 2.24) is 9.88 Å². The van der Waals surface area contributed by atoms with Gasteiger partial charge in [0.1, 0.15) is 11.0 Å². The molecule has 0 spiro atoms. The summed E-state index contributed by atoms with van der Waals surface area (Å²) in [5.74, 6) is 1.00. The Labute approximate surface area is 130 Å². The highest BCUT2D eigenvalue weighted by Gasteiger charge is 2.20. The minimum absolute atomic E-state index is 0.0379. The van der Waals surface area contributed by atoms with Crippen molar-refractivity contribution in [3.63, 3.8) is 0 Å². The van der Waals surface area contributed by atoms with Crippen molar-refractivity contribution in [1.29, 1.82) is 0 Å². The van der Waals surface area contributed by atoms with E-state index in [2.05, 4.69) is 10.3 Å². The molecular formula is C15H22ClN3O2.